The van der Waals surface area contributed by atoms with Crippen LogP contribution in [-0.4, -0.2) is 76.9 Å². The quantitative estimate of drug-likeness (QED) is 0.855. The van der Waals surface area contributed by atoms with E-state index in [1.165, 1.54) is 0 Å². The number of aromatic nitrogens is 1. The summed E-state index contributed by atoms with van der Waals surface area (Å²) in [7, 11) is 1.87. The number of nitrogens with zero attached hydrogens (tertiary/aromatic N) is 3. The molecule has 6 heteroatoms. The standard InChI is InChI=1S/C16H25N3O3/c1-17-6-2-3-15(17)16(21)19-8-7-18(11-14(20)12-19)13-4-9-22-10-5-13/h2-3,6,13-14,20H,4-5,7-12H2,1H3/t14-/m0/s1. The second-order valence-corrected chi connectivity index (χ2v) is 6.25. The molecule has 6 nitrogen and oxygen atoms in total. The van der Waals surface area contributed by atoms with Crippen molar-refractivity contribution < 1.29 is 14.6 Å². The Morgan fingerprint density at radius 1 is 1.27 bits per heavy atom. The van der Waals surface area contributed by atoms with E-state index in [0.29, 0.717) is 31.4 Å². The molecule has 0 radical (unpaired) electrons. The summed E-state index contributed by atoms with van der Waals surface area (Å²) < 4.78 is 7.24. The maximum absolute atomic E-state index is 12.6. The number of aryl methyl sites for hydroxylation is 1. The van der Waals surface area contributed by atoms with E-state index in [-0.39, 0.29) is 5.91 Å². The Balaban J connectivity index is 1.66. The zero-order valence-corrected chi connectivity index (χ0v) is 13.1. The first-order valence-corrected chi connectivity index (χ1v) is 8.05. The molecular formula is C16H25N3O3. The van der Waals surface area contributed by atoms with Gasteiger partial charge in [-0.1, -0.05) is 0 Å². The average Bonchev–Trinajstić information content (AvgIpc) is 2.85. The lowest BCUT2D eigenvalue weighted by atomic mass is 10.1. The number of amides is 1. The van der Waals surface area contributed by atoms with E-state index < -0.39 is 6.10 Å². The van der Waals surface area contributed by atoms with Gasteiger partial charge in [-0.15, -0.1) is 0 Å². The van der Waals surface area contributed by atoms with Gasteiger partial charge in [-0.05, 0) is 25.0 Å². The van der Waals surface area contributed by atoms with Gasteiger partial charge < -0.3 is 19.3 Å². The van der Waals surface area contributed by atoms with Gasteiger partial charge in [-0.2, -0.15) is 0 Å². The van der Waals surface area contributed by atoms with E-state index in [1.807, 2.05) is 29.9 Å². The topological polar surface area (TPSA) is 57.9 Å². The third-order valence-electron chi connectivity index (χ3n) is 4.69. The van der Waals surface area contributed by atoms with Crippen molar-refractivity contribution in [3.8, 4) is 0 Å². The van der Waals surface area contributed by atoms with Crippen LogP contribution in [0, 0.1) is 0 Å². The Hall–Kier alpha value is -1.37. The zero-order valence-electron chi connectivity index (χ0n) is 13.1. The molecule has 0 saturated carbocycles. The Morgan fingerprint density at radius 2 is 2.05 bits per heavy atom. The highest BCUT2D eigenvalue weighted by atomic mass is 16.5. The van der Waals surface area contributed by atoms with Gasteiger partial charge in [0.05, 0.1) is 6.10 Å². The fraction of sp³-hybridized carbons (Fsp3) is 0.688. The maximum atomic E-state index is 12.6. The normalized spacial score (nSPS) is 25.2. The molecule has 122 valence electrons. The highest BCUT2D eigenvalue weighted by Crippen LogP contribution is 2.18. The van der Waals surface area contributed by atoms with E-state index in [0.717, 1.165) is 32.6 Å². The third-order valence-corrected chi connectivity index (χ3v) is 4.69. The third kappa shape index (κ3) is 3.34. The van der Waals surface area contributed by atoms with Crippen molar-refractivity contribution in [1.29, 1.82) is 0 Å². The van der Waals surface area contributed by atoms with Crippen LogP contribution < -0.4 is 0 Å². The molecule has 1 aromatic heterocycles. The van der Waals surface area contributed by atoms with Crippen LogP contribution >= 0.6 is 0 Å². The molecule has 2 aliphatic rings. The Labute approximate surface area is 131 Å². The number of rotatable bonds is 2. The van der Waals surface area contributed by atoms with Gasteiger partial charge in [-0.25, -0.2) is 0 Å². The van der Waals surface area contributed by atoms with Crippen LogP contribution in [0.1, 0.15) is 23.3 Å². The summed E-state index contributed by atoms with van der Waals surface area (Å²) in [5.41, 5.74) is 0.673. The predicted octanol–water partition coefficient (Wildman–Crippen LogP) is 0.323. The molecule has 1 N–H and O–H groups in total. The fourth-order valence-electron chi connectivity index (χ4n) is 3.43. The van der Waals surface area contributed by atoms with Gasteiger partial charge in [0, 0.05) is 58.7 Å². The molecular weight excluding hydrogens is 282 g/mol. The van der Waals surface area contributed by atoms with Gasteiger partial charge in [-0.3, -0.25) is 9.69 Å². The SMILES string of the molecule is Cn1cccc1C(=O)N1CCN(C2CCOCC2)C[C@H](O)C1. The summed E-state index contributed by atoms with van der Waals surface area (Å²) >= 11 is 0. The van der Waals surface area contributed by atoms with Gasteiger partial charge in [0.25, 0.3) is 5.91 Å². The molecule has 3 rings (SSSR count). The van der Waals surface area contributed by atoms with Crippen LogP contribution in [0.4, 0.5) is 0 Å². The highest BCUT2D eigenvalue weighted by molar-refractivity contribution is 5.92. The van der Waals surface area contributed by atoms with Crippen molar-refractivity contribution in [3.05, 3.63) is 24.0 Å². The van der Waals surface area contributed by atoms with Gasteiger partial charge in [0.15, 0.2) is 0 Å². The highest BCUT2D eigenvalue weighted by Gasteiger charge is 2.30. The van der Waals surface area contributed by atoms with Crippen molar-refractivity contribution in [1.82, 2.24) is 14.4 Å². The fourth-order valence-corrected chi connectivity index (χ4v) is 3.43. The van der Waals surface area contributed by atoms with Crippen LogP contribution in [0.2, 0.25) is 0 Å². The largest absolute Gasteiger partial charge is 0.390 e. The van der Waals surface area contributed by atoms with Crippen molar-refractivity contribution in [2.75, 3.05) is 39.4 Å². The van der Waals surface area contributed by atoms with Crippen molar-refractivity contribution in [2.45, 2.75) is 25.0 Å². The van der Waals surface area contributed by atoms with Gasteiger partial charge in [0.1, 0.15) is 5.69 Å². The van der Waals surface area contributed by atoms with Crippen LogP contribution in [-0.2, 0) is 11.8 Å². The Morgan fingerprint density at radius 3 is 2.73 bits per heavy atom. The average molecular weight is 307 g/mol. The first-order valence-electron chi connectivity index (χ1n) is 8.05. The lowest BCUT2D eigenvalue weighted by molar-refractivity contribution is 0.0217. The molecule has 1 amide bonds. The molecule has 1 aromatic rings. The Kier molecular flexibility index (Phi) is 4.81. The minimum Gasteiger partial charge on any atom is -0.390 e. The monoisotopic (exact) mass is 307 g/mol. The molecule has 0 aromatic carbocycles. The molecule has 2 saturated heterocycles. The first kappa shape index (κ1) is 15.5. The summed E-state index contributed by atoms with van der Waals surface area (Å²) in [6.45, 7) is 4.12. The molecule has 0 bridgehead atoms. The van der Waals surface area contributed by atoms with Crippen LogP contribution in [0.15, 0.2) is 18.3 Å². The number of ether oxygens (including phenoxy) is 1. The second kappa shape index (κ2) is 6.81. The second-order valence-electron chi connectivity index (χ2n) is 6.25. The van der Waals surface area contributed by atoms with Crippen molar-refractivity contribution in [3.63, 3.8) is 0 Å². The molecule has 2 fully saturated rings. The van der Waals surface area contributed by atoms with Crippen LogP contribution in [0.5, 0.6) is 0 Å². The summed E-state index contributed by atoms with van der Waals surface area (Å²) in [6, 6.07) is 4.17. The summed E-state index contributed by atoms with van der Waals surface area (Å²) in [6.07, 6.45) is 3.40. The van der Waals surface area contributed by atoms with Crippen LogP contribution in [0.25, 0.3) is 0 Å². The van der Waals surface area contributed by atoms with Crippen molar-refractivity contribution in [2.24, 2.45) is 7.05 Å². The number of hydrogen-bond donors (Lipinski definition) is 1. The van der Waals surface area contributed by atoms with E-state index in [4.69, 9.17) is 4.74 Å². The molecule has 1 atom stereocenters. The summed E-state index contributed by atoms with van der Waals surface area (Å²) in [4.78, 5) is 16.7. The minimum absolute atomic E-state index is 0.000350. The summed E-state index contributed by atoms with van der Waals surface area (Å²) in [5.74, 6) is 0.000350. The molecule has 3 heterocycles. The lowest BCUT2D eigenvalue weighted by Crippen LogP contribution is -2.43. The van der Waals surface area contributed by atoms with E-state index >= 15 is 0 Å². The van der Waals surface area contributed by atoms with Gasteiger partial charge >= 0.3 is 0 Å². The number of aliphatic hydroxyl groups excluding tert-OH is 1. The molecule has 0 unspecified atom stereocenters. The van der Waals surface area contributed by atoms with E-state index in [1.54, 1.807) is 4.90 Å². The maximum Gasteiger partial charge on any atom is 0.270 e. The van der Waals surface area contributed by atoms with Crippen molar-refractivity contribution >= 4 is 5.91 Å². The predicted molar refractivity (Wildman–Crippen MR) is 82.7 cm³/mol. The minimum atomic E-state index is -0.491. The van der Waals surface area contributed by atoms with Crippen LogP contribution in [0.3, 0.4) is 0 Å². The molecule has 2 aliphatic heterocycles. The number of β-amino-alcohol motifs (C(OH)–C–C–N with tert-alkyl or cyclic N) is 1. The molecule has 0 aliphatic carbocycles. The lowest BCUT2D eigenvalue weighted by Gasteiger charge is -2.33. The molecule has 0 spiro atoms. The number of carbonyl (C=O) groups excluding carboxylic acids is 1. The number of carbonyl (C=O) groups is 1. The van der Waals surface area contributed by atoms with E-state index in [9.17, 15) is 9.90 Å². The summed E-state index contributed by atoms with van der Waals surface area (Å²) in [5, 5.41) is 10.3. The smallest absolute Gasteiger partial charge is 0.270 e. The number of hydrogen-bond acceptors (Lipinski definition) is 4. The number of aliphatic hydroxyl groups is 1. The zero-order chi connectivity index (χ0) is 15.5. The molecule has 22 heavy (non-hydrogen) atoms. The van der Waals surface area contributed by atoms with Gasteiger partial charge in [0.2, 0.25) is 0 Å². The first-order chi connectivity index (χ1) is 10.6. The Bertz CT molecular complexity index is 510. The van der Waals surface area contributed by atoms with E-state index in [2.05, 4.69) is 4.90 Å².